The van der Waals surface area contributed by atoms with Crippen molar-refractivity contribution >= 4 is 23.6 Å². The second-order valence-corrected chi connectivity index (χ2v) is 7.12. The molecule has 0 atom stereocenters. The summed E-state index contributed by atoms with van der Waals surface area (Å²) in [5.41, 5.74) is 3.07. The summed E-state index contributed by atoms with van der Waals surface area (Å²) in [4.78, 5) is 32.8. The highest BCUT2D eigenvalue weighted by atomic mass is 32.2. The third-order valence-corrected chi connectivity index (χ3v) is 4.24. The molecule has 0 aliphatic carbocycles. The molecule has 0 fully saturated rings. The summed E-state index contributed by atoms with van der Waals surface area (Å²) in [7, 11) is 0. The van der Waals surface area contributed by atoms with E-state index in [1.165, 1.54) is 11.8 Å². The molecule has 0 saturated heterocycles. The molecule has 26 heavy (non-hydrogen) atoms. The number of thioether (sulfide) groups is 1. The largest absolute Gasteiger partial charge is 0.452 e. The summed E-state index contributed by atoms with van der Waals surface area (Å²) in [6, 6.07) is 9.11. The fourth-order valence-corrected chi connectivity index (χ4v) is 3.27. The molecule has 0 saturated carbocycles. The Morgan fingerprint density at radius 3 is 2.46 bits per heavy atom. The van der Waals surface area contributed by atoms with Crippen molar-refractivity contribution in [3.63, 3.8) is 0 Å². The van der Waals surface area contributed by atoms with Crippen LogP contribution >= 0.6 is 11.8 Å². The lowest BCUT2D eigenvalue weighted by atomic mass is 10.1. The fourth-order valence-electron chi connectivity index (χ4n) is 2.32. The minimum absolute atomic E-state index is 0.00248. The first-order chi connectivity index (χ1) is 12.3. The Labute approximate surface area is 157 Å². The van der Waals surface area contributed by atoms with Crippen molar-refractivity contribution in [2.45, 2.75) is 44.6 Å². The van der Waals surface area contributed by atoms with Crippen LogP contribution in [-0.4, -0.2) is 34.5 Å². The molecule has 0 aliphatic rings. The first-order valence-corrected chi connectivity index (χ1v) is 9.33. The van der Waals surface area contributed by atoms with Gasteiger partial charge in [0.05, 0.1) is 5.56 Å². The molecule has 138 valence electrons. The molecule has 0 aliphatic heterocycles. The monoisotopic (exact) mass is 373 g/mol. The highest BCUT2D eigenvalue weighted by Gasteiger charge is 2.15. The molecular formula is C19H23N3O3S. The van der Waals surface area contributed by atoms with Gasteiger partial charge in [-0.3, -0.25) is 4.79 Å². The number of ether oxygens (including phenoxy) is 1. The zero-order valence-electron chi connectivity index (χ0n) is 15.4. The van der Waals surface area contributed by atoms with E-state index in [2.05, 4.69) is 15.3 Å². The molecule has 1 amide bonds. The number of aromatic nitrogens is 2. The highest BCUT2D eigenvalue weighted by Crippen LogP contribution is 2.22. The van der Waals surface area contributed by atoms with Gasteiger partial charge in [0.15, 0.2) is 11.8 Å². The minimum Gasteiger partial charge on any atom is -0.452 e. The zero-order chi connectivity index (χ0) is 19.1. The smallest absolute Gasteiger partial charge is 0.338 e. The minimum atomic E-state index is -0.513. The maximum atomic E-state index is 12.3. The van der Waals surface area contributed by atoms with Crippen LogP contribution in [0.25, 0.3) is 0 Å². The fraction of sp³-hybridized carbons (Fsp3) is 0.368. The summed E-state index contributed by atoms with van der Waals surface area (Å²) in [6.45, 7) is 7.25. The zero-order valence-corrected chi connectivity index (χ0v) is 16.2. The number of hydrogen-bond donors (Lipinski definition) is 1. The number of amides is 1. The van der Waals surface area contributed by atoms with E-state index in [4.69, 9.17) is 4.74 Å². The third-order valence-electron chi connectivity index (χ3n) is 3.34. The van der Waals surface area contributed by atoms with E-state index in [1.807, 2.05) is 45.9 Å². The second kappa shape index (κ2) is 9.33. The maximum Gasteiger partial charge on any atom is 0.338 e. The normalized spacial score (nSPS) is 10.7. The van der Waals surface area contributed by atoms with E-state index in [0.717, 1.165) is 17.0 Å². The Kier molecular flexibility index (Phi) is 7.15. The van der Waals surface area contributed by atoms with E-state index in [-0.39, 0.29) is 18.6 Å². The van der Waals surface area contributed by atoms with Crippen molar-refractivity contribution in [1.82, 2.24) is 15.3 Å². The van der Waals surface area contributed by atoms with Gasteiger partial charge in [-0.2, -0.15) is 0 Å². The summed E-state index contributed by atoms with van der Waals surface area (Å²) in [5.74, 6) is -0.294. The van der Waals surface area contributed by atoms with Gasteiger partial charge in [0, 0.05) is 23.2 Å². The lowest BCUT2D eigenvalue weighted by Gasteiger charge is -2.11. The number of carbonyl (C=O) groups is 2. The van der Waals surface area contributed by atoms with Crippen molar-refractivity contribution in [2.75, 3.05) is 6.61 Å². The molecule has 6 nitrogen and oxygen atoms in total. The van der Waals surface area contributed by atoms with E-state index in [1.54, 1.807) is 12.1 Å². The number of rotatable bonds is 7. The van der Waals surface area contributed by atoms with E-state index < -0.39 is 5.97 Å². The summed E-state index contributed by atoms with van der Waals surface area (Å²) in [5, 5.41) is 3.35. The van der Waals surface area contributed by atoms with Crippen molar-refractivity contribution in [3.8, 4) is 0 Å². The molecule has 2 rings (SSSR count). The van der Waals surface area contributed by atoms with Gasteiger partial charge in [0.2, 0.25) is 0 Å². The van der Waals surface area contributed by atoms with Crippen molar-refractivity contribution in [1.29, 1.82) is 0 Å². The van der Waals surface area contributed by atoms with Crippen LogP contribution in [0.4, 0.5) is 0 Å². The number of nitrogens with one attached hydrogen (secondary N) is 1. The average Bonchev–Trinajstić information content (AvgIpc) is 2.56. The number of esters is 1. The Morgan fingerprint density at radius 2 is 1.81 bits per heavy atom. The number of carbonyl (C=O) groups excluding carboxylic acids is 2. The molecule has 7 heteroatoms. The third kappa shape index (κ3) is 6.15. The second-order valence-electron chi connectivity index (χ2n) is 6.18. The Hall–Kier alpha value is -2.41. The molecule has 1 aromatic carbocycles. The first-order valence-electron chi connectivity index (χ1n) is 8.34. The molecule has 0 bridgehead atoms. The number of hydrogen-bond acceptors (Lipinski definition) is 6. The van der Waals surface area contributed by atoms with Gasteiger partial charge in [0.1, 0.15) is 0 Å². The van der Waals surface area contributed by atoms with Gasteiger partial charge in [-0.15, -0.1) is 0 Å². The SMILES string of the molecule is Cc1cc(C)nc(SCc2ccccc2C(=O)OCC(=O)NC(C)C)n1. The van der Waals surface area contributed by atoms with Crippen LogP contribution in [0.2, 0.25) is 0 Å². The van der Waals surface area contributed by atoms with Crippen LogP contribution in [0.5, 0.6) is 0 Å². The van der Waals surface area contributed by atoms with Crippen molar-refractivity contribution < 1.29 is 14.3 Å². The van der Waals surface area contributed by atoms with E-state index >= 15 is 0 Å². The van der Waals surface area contributed by atoms with Gasteiger partial charge in [-0.25, -0.2) is 14.8 Å². The molecule has 0 radical (unpaired) electrons. The van der Waals surface area contributed by atoms with Crippen LogP contribution in [0, 0.1) is 13.8 Å². The van der Waals surface area contributed by atoms with E-state index in [0.29, 0.717) is 16.5 Å². The van der Waals surface area contributed by atoms with Gasteiger partial charge in [-0.1, -0.05) is 30.0 Å². The molecule has 2 aromatic rings. The van der Waals surface area contributed by atoms with Crippen LogP contribution in [0.15, 0.2) is 35.5 Å². The Bertz CT molecular complexity index is 773. The standard InChI is InChI=1S/C19H23N3O3S/c1-12(2)20-17(23)10-25-18(24)16-8-6-5-7-15(16)11-26-19-21-13(3)9-14(4)22-19/h5-9,12H,10-11H2,1-4H3,(H,20,23). The van der Waals surface area contributed by atoms with Crippen LogP contribution < -0.4 is 5.32 Å². The summed E-state index contributed by atoms with van der Waals surface area (Å²) >= 11 is 1.46. The van der Waals surface area contributed by atoms with Crippen molar-refractivity contribution in [2.24, 2.45) is 0 Å². The quantitative estimate of drug-likeness (QED) is 0.456. The topological polar surface area (TPSA) is 81.2 Å². The molecule has 0 spiro atoms. The summed E-state index contributed by atoms with van der Waals surface area (Å²) in [6.07, 6.45) is 0. The van der Waals surface area contributed by atoms with Gasteiger partial charge >= 0.3 is 5.97 Å². The molecular weight excluding hydrogens is 350 g/mol. The van der Waals surface area contributed by atoms with Gasteiger partial charge in [0.25, 0.3) is 5.91 Å². The lowest BCUT2D eigenvalue weighted by Crippen LogP contribution is -2.34. The highest BCUT2D eigenvalue weighted by molar-refractivity contribution is 7.98. The van der Waals surface area contributed by atoms with Crippen LogP contribution in [0.3, 0.4) is 0 Å². The van der Waals surface area contributed by atoms with Crippen molar-refractivity contribution in [3.05, 3.63) is 52.8 Å². The first kappa shape index (κ1) is 19.9. The number of nitrogens with zero attached hydrogens (tertiary/aromatic N) is 2. The van der Waals surface area contributed by atoms with Gasteiger partial charge in [-0.05, 0) is 45.4 Å². The predicted octanol–water partition coefficient (Wildman–Crippen LogP) is 3.07. The average molecular weight is 373 g/mol. The number of aryl methyl sites for hydroxylation is 2. The summed E-state index contributed by atoms with van der Waals surface area (Å²) < 4.78 is 5.13. The lowest BCUT2D eigenvalue weighted by molar-refractivity contribution is -0.124. The van der Waals surface area contributed by atoms with Crippen LogP contribution in [-0.2, 0) is 15.3 Å². The maximum absolute atomic E-state index is 12.3. The van der Waals surface area contributed by atoms with Gasteiger partial charge < -0.3 is 10.1 Å². The molecule has 1 heterocycles. The van der Waals surface area contributed by atoms with Crippen LogP contribution in [0.1, 0.15) is 41.2 Å². The molecule has 0 unspecified atom stereocenters. The Balaban J connectivity index is 2.02. The molecule has 1 aromatic heterocycles. The number of benzene rings is 1. The Morgan fingerprint density at radius 1 is 1.15 bits per heavy atom. The molecule has 1 N–H and O–H groups in total. The van der Waals surface area contributed by atoms with E-state index in [9.17, 15) is 9.59 Å². The predicted molar refractivity (Wildman–Crippen MR) is 101 cm³/mol.